The number of benzene rings is 1. The molecule has 0 saturated heterocycles. The van der Waals surface area contributed by atoms with Gasteiger partial charge in [0.05, 0.1) is 19.4 Å². The van der Waals surface area contributed by atoms with Crippen molar-refractivity contribution in [1.82, 2.24) is 14.7 Å². The number of hydrogen-bond acceptors (Lipinski definition) is 4. The van der Waals surface area contributed by atoms with Crippen LogP contribution in [0.4, 0.5) is 0 Å². The monoisotopic (exact) mass is 365 g/mol. The van der Waals surface area contributed by atoms with Crippen LogP contribution in [0.2, 0.25) is 0 Å². The van der Waals surface area contributed by atoms with Gasteiger partial charge < -0.3 is 19.2 Å². The van der Waals surface area contributed by atoms with Crippen molar-refractivity contribution < 1.29 is 14.3 Å². The van der Waals surface area contributed by atoms with E-state index in [0.29, 0.717) is 31.1 Å². The fourth-order valence-corrected chi connectivity index (χ4v) is 2.72. The fourth-order valence-electron chi connectivity index (χ4n) is 2.72. The molecule has 3 aromatic rings. The molecule has 140 valence electrons. The zero-order valence-electron chi connectivity index (χ0n) is 15.5. The van der Waals surface area contributed by atoms with Gasteiger partial charge in [-0.3, -0.25) is 4.79 Å². The third kappa shape index (κ3) is 4.88. The Kier molecular flexibility index (Phi) is 6.10. The van der Waals surface area contributed by atoms with Crippen molar-refractivity contribution in [1.29, 1.82) is 0 Å². The topological polar surface area (TPSA) is 64.9 Å². The predicted molar refractivity (Wildman–Crippen MR) is 105 cm³/mol. The Morgan fingerprint density at radius 2 is 2.15 bits per heavy atom. The molecule has 0 saturated carbocycles. The van der Waals surface area contributed by atoms with Crippen LogP contribution < -0.4 is 14.8 Å². The van der Waals surface area contributed by atoms with Gasteiger partial charge in [0.2, 0.25) is 5.91 Å². The molecular formula is C21H23N3O3. The zero-order chi connectivity index (χ0) is 19.1. The van der Waals surface area contributed by atoms with Gasteiger partial charge in [0.15, 0.2) is 11.5 Å². The van der Waals surface area contributed by atoms with Crippen molar-refractivity contribution in [2.75, 3.05) is 20.3 Å². The summed E-state index contributed by atoms with van der Waals surface area (Å²) in [6.45, 7) is 2.99. The SMILES string of the molecule is CCOc1cc(/C=C/C(=O)NCCc2cn3ccccc3n2)ccc1OC. The maximum absolute atomic E-state index is 12.0. The van der Waals surface area contributed by atoms with E-state index >= 15 is 0 Å². The Morgan fingerprint density at radius 1 is 1.26 bits per heavy atom. The van der Waals surface area contributed by atoms with E-state index in [1.54, 1.807) is 13.2 Å². The molecule has 6 nitrogen and oxygen atoms in total. The van der Waals surface area contributed by atoms with Gasteiger partial charge in [0.25, 0.3) is 0 Å². The number of hydrogen-bond donors (Lipinski definition) is 1. The maximum atomic E-state index is 12.0. The number of nitrogens with zero attached hydrogens (tertiary/aromatic N) is 2. The van der Waals surface area contributed by atoms with Crippen LogP contribution in [0.25, 0.3) is 11.7 Å². The number of aromatic nitrogens is 2. The number of nitrogens with one attached hydrogen (secondary N) is 1. The van der Waals surface area contributed by atoms with Crippen LogP contribution in [0, 0.1) is 0 Å². The summed E-state index contributed by atoms with van der Waals surface area (Å²) in [5, 5.41) is 2.88. The van der Waals surface area contributed by atoms with Crippen LogP contribution in [0.1, 0.15) is 18.2 Å². The Labute approximate surface area is 158 Å². The van der Waals surface area contributed by atoms with Crippen molar-refractivity contribution in [3.05, 3.63) is 66.1 Å². The molecule has 27 heavy (non-hydrogen) atoms. The van der Waals surface area contributed by atoms with Crippen LogP contribution in [0.3, 0.4) is 0 Å². The molecule has 0 spiro atoms. The highest BCUT2D eigenvalue weighted by Gasteiger charge is 2.05. The molecule has 0 bridgehead atoms. The molecule has 0 atom stereocenters. The van der Waals surface area contributed by atoms with E-state index < -0.39 is 0 Å². The number of rotatable bonds is 8. The number of pyridine rings is 1. The van der Waals surface area contributed by atoms with Gasteiger partial charge >= 0.3 is 0 Å². The number of imidazole rings is 1. The number of carbonyl (C=O) groups is 1. The molecule has 0 aliphatic rings. The Balaban J connectivity index is 1.53. The lowest BCUT2D eigenvalue weighted by Crippen LogP contribution is -2.23. The number of ether oxygens (including phenoxy) is 2. The van der Waals surface area contributed by atoms with E-state index in [9.17, 15) is 4.79 Å². The van der Waals surface area contributed by atoms with E-state index in [2.05, 4.69) is 10.3 Å². The van der Waals surface area contributed by atoms with Gasteiger partial charge in [0.1, 0.15) is 5.65 Å². The Hall–Kier alpha value is -3.28. The molecule has 0 unspecified atom stereocenters. The number of methoxy groups -OCH3 is 1. The highest BCUT2D eigenvalue weighted by Crippen LogP contribution is 2.28. The van der Waals surface area contributed by atoms with Gasteiger partial charge in [0, 0.05) is 31.4 Å². The van der Waals surface area contributed by atoms with E-state index in [4.69, 9.17) is 9.47 Å². The Bertz CT molecular complexity index is 914. The number of amides is 1. The van der Waals surface area contributed by atoms with Gasteiger partial charge in [-0.05, 0) is 42.8 Å². The molecule has 0 aliphatic carbocycles. The highest BCUT2D eigenvalue weighted by molar-refractivity contribution is 5.91. The van der Waals surface area contributed by atoms with Gasteiger partial charge in [-0.1, -0.05) is 12.1 Å². The van der Waals surface area contributed by atoms with Gasteiger partial charge in [-0.15, -0.1) is 0 Å². The molecule has 6 heteroatoms. The smallest absolute Gasteiger partial charge is 0.244 e. The Morgan fingerprint density at radius 3 is 2.93 bits per heavy atom. The predicted octanol–water partition coefficient (Wildman–Crippen LogP) is 3.11. The molecule has 1 aromatic carbocycles. The average Bonchev–Trinajstić information content (AvgIpc) is 3.09. The van der Waals surface area contributed by atoms with Crippen LogP contribution in [0.5, 0.6) is 11.5 Å². The van der Waals surface area contributed by atoms with Crippen molar-refractivity contribution in [2.45, 2.75) is 13.3 Å². The van der Waals surface area contributed by atoms with Gasteiger partial charge in [-0.2, -0.15) is 0 Å². The summed E-state index contributed by atoms with van der Waals surface area (Å²) in [6, 6.07) is 11.4. The largest absolute Gasteiger partial charge is 0.493 e. The lowest BCUT2D eigenvalue weighted by Gasteiger charge is -2.09. The minimum Gasteiger partial charge on any atom is -0.493 e. The quantitative estimate of drug-likeness (QED) is 0.623. The van der Waals surface area contributed by atoms with Crippen molar-refractivity contribution >= 4 is 17.6 Å². The van der Waals surface area contributed by atoms with Crippen molar-refractivity contribution in [2.24, 2.45) is 0 Å². The van der Waals surface area contributed by atoms with Crippen LogP contribution in [0.15, 0.2) is 54.9 Å². The molecule has 1 amide bonds. The number of fused-ring (bicyclic) bond motifs is 1. The summed E-state index contributed by atoms with van der Waals surface area (Å²) < 4.78 is 12.8. The molecule has 0 aliphatic heterocycles. The molecule has 1 N–H and O–H groups in total. The molecule has 0 fully saturated rings. The molecular weight excluding hydrogens is 342 g/mol. The molecule has 3 rings (SSSR count). The fraction of sp³-hybridized carbons (Fsp3) is 0.238. The van der Waals surface area contributed by atoms with E-state index in [1.807, 2.05) is 60.1 Å². The van der Waals surface area contributed by atoms with Crippen LogP contribution >= 0.6 is 0 Å². The lowest BCUT2D eigenvalue weighted by molar-refractivity contribution is -0.116. The first kappa shape index (κ1) is 18.5. The summed E-state index contributed by atoms with van der Waals surface area (Å²) in [5.41, 5.74) is 2.72. The first-order valence-corrected chi connectivity index (χ1v) is 8.89. The van der Waals surface area contributed by atoms with Crippen LogP contribution in [-0.2, 0) is 11.2 Å². The second kappa shape index (κ2) is 8.89. The number of carbonyl (C=O) groups excluding carboxylic acids is 1. The van der Waals surface area contributed by atoms with E-state index in [-0.39, 0.29) is 5.91 Å². The average molecular weight is 365 g/mol. The van der Waals surface area contributed by atoms with Crippen LogP contribution in [-0.4, -0.2) is 35.6 Å². The third-order valence-corrected chi connectivity index (χ3v) is 4.01. The normalized spacial score (nSPS) is 11.0. The maximum Gasteiger partial charge on any atom is 0.244 e. The summed E-state index contributed by atoms with van der Waals surface area (Å²) in [7, 11) is 1.60. The summed E-state index contributed by atoms with van der Waals surface area (Å²) in [6.07, 6.45) is 7.88. The second-order valence-electron chi connectivity index (χ2n) is 5.92. The molecule has 2 aromatic heterocycles. The van der Waals surface area contributed by atoms with Crippen molar-refractivity contribution in [3.63, 3.8) is 0 Å². The van der Waals surface area contributed by atoms with Crippen molar-refractivity contribution in [3.8, 4) is 11.5 Å². The van der Waals surface area contributed by atoms with Gasteiger partial charge in [-0.25, -0.2) is 4.98 Å². The lowest BCUT2D eigenvalue weighted by atomic mass is 10.2. The highest BCUT2D eigenvalue weighted by atomic mass is 16.5. The zero-order valence-corrected chi connectivity index (χ0v) is 15.5. The molecule has 0 radical (unpaired) electrons. The summed E-state index contributed by atoms with van der Waals surface area (Å²) in [5.74, 6) is 1.19. The second-order valence-corrected chi connectivity index (χ2v) is 5.92. The first-order valence-electron chi connectivity index (χ1n) is 8.89. The minimum absolute atomic E-state index is 0.146. The van der Waals surface area contributed by atoms with E-state index in [1.165, 1.54) is 6.08 Å². The third-order valence-electron chi connectivity index (χ3n) is 4.01. The summed E-state index contributed by atoms with van der Waals surface area (Å²) in [4.78, 5) is 16.5. The first-order chi connectivity index (χ1) is 13.2. The minimum atomic E-state index is -0.146. The van der Waals surface area contributed by atoms with E-state index in [0.717, 1.165) is 16.9 Å². The summed E-state index contributed by atoms with van der Waals surface area (Å²) >= 11 is 0. The molecule has 2 heterocycles. The standard InChI is InChI=1S/C21H23N3O3/c1-3-27-19-14-16(7-9-18(19)26-2)8-10-21(25)22-12-11-17-15-24-13-5-4-6-20(24)23-17/h4-10,13-15H,3,11-12H2,1-2H3,(H,22,25)/b10-8+.